The smallest absolute Gasteiger partial charge is 0.0576 e. The van der Waals surface area contributed by atoms with Gasteiger partial charge in [0, 0.05) is 11.4 Å². The maximum absolute atomic E-state index is 5.75. The minimum atomic E-state index is 0.449. The lowest BCUT2D eigenvalue weighted by molar-refractivity contribution is 0.102. The zero-order valence-corrected chi connectivity index (χ0v) is 15.1. The second kappa shape index (κ2) is 6.62. The van der Waals surface area contributed by atoms with E-state index in [-0.39, 0.29) is 0 Å². The quantitative estimate of drug-likeness (QED) is 0.647. The number of ether oxygens (including phenoxy) is 1. The van der Waals surface area contributed by atoms with Crippen LogP contribution in [-0.4, -0.2) is 12.7 Å². The van der Waals surface area contributed by atoms with Crippen LogP contribution in [-0.2, 0) is 4.74 Å². The van der Waals surface area contributed by atoms with E-state index >= 15 is 0 Å². The molecule has 0 aliphatic carbocycles. The van der Waals surface area contributed by atoms with Crippen LogP contribution in [0.5, 0.6) is 0 Å². The van der Waals surface area contributed by atoms with Crippen molar-refractivity contribution >= 4 is 15.9 Å². The molecule has 1 saturated heterocycles. The Labute approximate surface area is 132 Å². The molecule has 0 aromatic heterocycles. The Balaban J connectivity index is 2.18. The highest BCUT2D eigenvalue weighted by Gasteiger charge is 2.21. The fraction of sp³-hybridized carbons (Fsp3) is 0.667. The van der Waals surface area contributed by atoms with Crippen LogP contribution >= 0.6 is 15.9 Å². The number of rotatable bonds is 4. The summed E-state index contributed by atoms with van der Waals surface area (Å²) in [5.74, 6) is 0. The summed E-state index contributed by atoms with van der Waals surface area (Å²) in [6.45, 7) is 12.2. The van der Waals surface area contributed by atoms with Gasteiger partial charge >= 0.3 is 0 Å². The highest BCUT2D eigenvalue weighted by Crippen LogP contribution is 2.38. The molecule has 0 spiro atoms. The predicted molar refractivity (Wildman–Crippen MR) is 90.0 cm³/mol. The van der Waals surface area contributed by atoms with Gasteiger partial charge in [-0.2, -0.15) is 0 Å². The van der Waals surface area contributed by atoms with Crippen LogP contribution < -0.4 is 0 Å². The maximum Gasteiger partial charge on any atom is 0.0576 e. The minimum absolute atomic E-state index is 0.449. The molecule has 0 amide bonds. The standard InChI is InChI=1S/C18H27BrO/c1-11-12(2)14(4)18(15(5)13(11)3)17(19)9-8-16-7-6-10-20-16/h16-17H,6-10H2,1-5H3. The van der Waals surface area contributed by atoms with Crippen LogP contribution in [0, 0.1) is 34.6 Å². The second-order valence-corrected chi connectivity index (χ2v) is 7.32. The Hall–Kier alpha value is -0.340. The summed E-state index contributed by atoms with van der Waals surface area (Å²) in [6, 6.07) is 0. The third-order valence-electron chi connectivity index (χ3n) is 5.14. The van der Waals surface area contributed by atoms with Gasteiger partial charge in [-0.25, -0.2) is 0 Å². The van der Waals surface area contributed by atoms with Crippen LogP contribution in [0.15, 0.2) is 0 Å². The molecule has 20 heavy (non-hydrogen) atoms. The van der Waals surface area contributed by atoms with Gasteiger partial charge in [0.25, 0.3) is 0 Å². The average molecular weight is 339 g/mol. The summed E-state index contributed by atoms with van der Waals surface area (Å²) < 4.78 is 5.75. The molecule has 1 nitrogen and oxygen atoms in total. The Morgan fingerprint density at radius 1 is 1.00 bits per heavy atom. The minimum Gasteiger partial charge on any atom is -0.378 e. The fourth-order valence-corrected chi connectivity index (χ4v) is 4.30. The highest BCUT2D eigenvalue weighted by atomic mass is 79.9. The van der Waals surface area contributed by atoms with Crippen LogP contribution in [0.1, 0.15) is 63.9 Å². The molecule has 1 heterocycles. The molecule has 2 unspecified atom stereocenters. The van der Waals surface area contributed by atoms with Gasteiger partial charge in [-0.3, -0.25) is 0 Å². The number of benzene rings is 1. The van der Waals surface area contributed by atoms with Crippen molar-refractivity contribution < 1.29 is 4.74 Å². The van der Waals surface area contributed by atoms with Crippen molar-refractivity contribution in [3.05, 3.63) is 33.4 Å². The van der Waals surface area contributed by atoms with E-state index in [1.54, 1.807) is 0 Å². The molecule has 112 valence electrons. The van der Waals surface area contributed by atoms with Gasteiger partial charge in [-0.15, -0.1) is 0 Å². The van der Waals surface area contributed by atoms with Gasteiger partial charge < -0.3 is 4.74 Å². The molecule has 0 N–H and O–H groups in total. The zero-order valence-electron chi connectivity index (χ0n) is 13.5. The van der Waals surface area contributed by atoms with Crippen molar-refractivity contribution in [2.75, 3.05) is 6.61 Å². The first-order valence-corrected chi connectivity index (χ1v) is 8.67. The number of hydrogen-bond acceptors (Lipinski definition) is 1. The Morgan fingerprint density at radius 3 is 2.05 bits per heavy atom. The van der Waals surface area contributed by atoms with Gasteiger partial charge in [-0.1, -0.05) is 15.9 Å². The van der Waals surface area contributed by atoms with Crippen molar-refractivity contribution in [3.8, 4) is 0 Å². The van der Waals surface area contributed by atoms with E-state index in [1.165, 1.54) is 52.6 Å². The summed E-state index contributed by atoms with van der Waals surface area (Å²) >= 11 is 3.93. The zero-order chi connectivity index (χ0) is 14.9. The van der Waals surface area contributed by atoms with Crippen molar-refractivity contribution in [1.82, 2.24) is 0 Å². The summed E-state index contributed by atoms with van der Waals surface area (Å²) in [4.78, 5) is 0.449. The summed E-state index contributed by atoms with van der Waals surface area (Å²) in [6.07, 6.45) is 5.29. The first-order valence-electron chi connectivity index (χ1n) is 7.76. The van der Waals surface area contributed by atoms with Crippen molar-refractivity contribution in [2.24, 2.45) is 0 Å². The van der Waals surface area contributed by atoms with E-state index in [1.807, 2.05) is 0 Å². The maximum atomic E-state index is 5.75. The third kappa shape index (κ3) is 3.12. The molecule has 2 heteroatoms. The number of hydrogen-bond donors (Lipinski definition) is 0. The van der Waals surface area contributed by atoms with E-state index in [9.17, 15) is 0 Å². The highest BCUT2D eigenvalue weighted by molar-refractivity contribution is 9.09. The molecule has 0 bridgehead atoms. The van der Waals surface area contributed by atoms with Crippen molar-refractivity contribution in [2.45, 2.75) is 71.2 Å². The Morgan fingerprint density at radius 2 is 1.55 bits per heavy atom. The Kier molecular flexibility index (Phi) is 5.30. The molecule has 0 saturated carbocycles. The monoisotopic (exact) mass is 338 g/mol. The van der Waals surface area contributed by atoms with Crippen LogP contribution in [0.4, 0.5) is 0 Å². The van der Waals surface area contributed by atoms with Crippen LogP contribution in [0.25, 0.3) is 0 Å². The van der Waals surface area contributed by atoms with E-state index < -0.39 is 0 Å². The molecule has 0 radical (unpaired) electrons. The lowest BCUT2D eigenvalue weighted by atomic mass is 9.87. The molecule has 2 rings (SSSR count). The number of halogens is 1. The summed E-state index contributed by atoms with van der Waals surface area (Å²) in [5, 5.41) is 0. The van der Waals surface area contributed by atoms with E-state index in [4.69, 9.17) is 4.74 Å². The van der Waals surface area contributed by atoms with E-state index in [2.05, 4.69) is 50.5 Å². The summed E-state index contributed by atoms with van der Waals surface area (Å²) in [5.41, 5.74) is 8.76. The van der Waals surface area contributed by atoms with Crippen molar-refractivity contribution in [3.63, 3.8) is 0 Å². The molecule has 1 aromatic rings. The lowest BCUT2D eigenvalue weighted by Crippen LogP contribution is -2.09. The van der Waals surface area contributed by atoms with Gasteiger partial charge in [0.15, 0.2) is 0 Å². The molecule has 1 aliphatic rings. The van der Waals surface area contributed by atoms with Gasteiger partial charge in [0.1, 0.15) is 0 Å². The molecule has 1 aromatic carbocycles. The largest absolute Gasteiger partial charge is 0.378 e. The van der Waals surface area contributed by atoms with E-state index in [0.717, 1.165) is 13.0 Å². The average Bonchev–Trinajstić information content (AvgIpc) is 2.94. The Bertz CT molecular complexity index is 458. The summed E-state index contributed by atoms with van der Waals surface area (Å²) in [7, 11) is 0. The third-order valence-corrected chi connectivity index (χ3v) is 6.05. The van der Waals surface area contributed by atoms with Gasteiger partial charge in [-0.05, 0) is 93.7 Å². The number of alkyl halides is 1. The van der Waals surface area contributed by atoms with Crippen LogP contribution in [0.3, 0.4) is 0 Å². The normalized spacial score (nSPS) is 20.4. The second-order valence-electron chi connectivity index (χ2n) is 6.22. The van der Waals surface area contributed by atoms with Gasteiger partial charge in [0.2, 0.25) is 0 Å². The molecular weight excluding hydrogens is 312 g/mol. The predicted octanol–water partition coefficient (Wildman–Crippen LogP) is 5.62. The molecule has 1 fully saturated rings. The van der Waals surface area contributed by atoms with Crippen LogP contribution in [0.2, 0.25) is 0 Å². The first kappa shape index (κ1) is 16.0. The van der Waals surface area contributed by atoms with E-state index in [0.29, 0.717) is 10.9 Å². The first-order chi connectivity index (χ1) is 9.43. The molecule has 1 aliphatic heterocycles. The fourth-order valence-electron chi connectivity index (χ4n) is 3.35. The van der Waals surface area contributed by atoms with Crippen molar-refractivity contribution in [1.29, 1.82) is 0 Å². The molecular formula is C18H27BrO. The lowest BCUT2D eigenvalue weighted by Gasteiger charge is -2.23. The van der Waals surface area contributed by atoms with Gasteiger partial charge in [0.05, 0.1) is 6.10 Å². The SMILES string of the molecule is Cc1c(C)c(C)c(C(Br)CCC2CCCO2)c(C)c1C. The molecule has 2 atom stereocenters. The topological polar surface area (TPSA) is 9.23 Å².